The number of likely N-dealkylation sites (N-methyl/N-ethyl adjacent to an activating group) is 1. The summed E-state index contributed by atoms with van der Waals surface area (Å²) in [6.45, 7) is 5.81. The van der Waals surface area contributed by atoms with Crippen LogP contribution in [0.5, 0.6) is 0 Å². The molecular weight excluding hydrogens is 369 g/mol. The number of nitrogens with one attached hydrogen (secondary N) is 1. The molecule has 1 heterocycles. The van der Waals surface area contributed by atoms with E-state index < -0.39 is 0 Å². The Bertz CT molecular complexity index is 753. The summed E-state index contributed by atoms with van der Waals surface area (Å²) in [6.07, 6.45) is 0. The van der Waals surface area contributed by atoms with Gasteiger partial charge in [-0.05, 0) is 36.4 Å². The summed E-state index contributed by atoms with van der Waals surface area (Å²) < 4.78 is 0. The van der Waals surface area contributed by atoms with Crippen LogP contribution in [0.1, 0.15) is 21.5 Å². The van der Waals surface area contributed by atoms with Crippen molar-refractivity contribution in [2.75, 3.05) is 33.2 Å². The van der Waals surface area contributed by atoms with Crippen molar-refractivity contribution >= 4 is 29.1 Å². The van der Waals surface area contributed by atoms with Crippen molar-refractivity contribution in [3.63, 3.8) is 0 Å². The fourth-order valence-electron chi connectivity index (χ4n) is 3.07. The molecule has 0 bridgehead atoms. The van der Waals surface area contributed by atoms with Crippen molar-refractivity contribution in [3.05, 3.63) is 69.2 Å². The molecule has 0 aromatic heterocycles. The highest BCUT2D eigenvalue weighted by Crippen LogP contribution is 2.19. The van der Waals surface area contributed by atoms with E-state index in [1.54, 1.807) is 18.2 Å². The smallest absolute Gasteiger partial charge is 0.251 e. The lowest BCUT2D eigenvalue weighted by Gasteiger charge is -2.32. The Kier molecular flexibility index (Phi) is 6.54. The van der Waals surface area contributed by atoms with E-state index in [0.717, 1.165) is 38.3 Å². The predicted octanol–water partition coefficient (Wildman–Crippen LogP) is 3.67. The van der Waals surface area contributed by atoms with Crippen LogP contribution in [0.25, 0.3) is 0 Å². The first-order valence-corrected chi connectivity index (χ1v) is 9.48. The monoisotopic (exact) mass is 391 g/mol. The number of hydrogen-bond donors (Lipinski definition) is 1. The largest absolute Gasteiger partial charge is 0.348 e. The lowest BCUT2D eigenvalue weighted by Crippen LogP contribution is -2.43. The number of piperazine rings is 1. The molecule has 0 saturated carbocycles. The Hall–Kier alpha value is -1.59. The van der Waals surface area contributed by atoms with Crippen LogP contribution in [0.2, 0.25) is 10.0 Å². The maximum absolute atomic E-state index is 12.3. The van der Waals surface area contributed by atoms with Gasteiger partial charge in [0.05, 0.1) is 0 Å². The van der Waals surface area contributed by atoms with E-state index in [-0.39, 0.29) is 5.91 Å². The van der Waals surface area contributed by atoms with Gasteiger partial charge in [0.2, 0.25) is 0 Å². The second kappa shape index (κ2) is 8.87. The van der Waals surface area contributed by atoms with E-state index in [4.69, 9.17) is 23.2 Å². The SMILES string of the molecule is CN1CCN(Cc2cccc(CNC(=O)c3cc(Cl)cc(Cl)c3)c2)CC1. The molecule has 1 N–H and O–H groups in total. The number of amides is 1. The molecule has 1 aliphatic heterocycles. The van der Waals surface area contributed by atoms with Crippen LogP contribution in [0, 0.1) is 0 Å². The third-order valence-corrected chi connectivity index (χ3v) is 5.01. The van der Waals surface area contributed by atoms with Crippen LogP contribution < -0.4 is 5.32 Å². The standard InChI is InChI=1S/C20H23Cl2N3O/c1-24-5-7-25(8-6-24)14-16-4-2-3-15(9-16)13-23-20(26)17-10-18(21)12-19(22)11-17/h2-4,9-12H,5-8,13-14H2,1H3,(H,23,26). The van der Waals surface area contributed by atoms with Crippen LogP contribution >= 0.6 is 23.2 Å². The highest BCUT2D eigenvalue weighted by molar-refractivity contribution is 6.35. The summed E-state index contributed by atoms with van der Waals surface area (Å²) in [7, 11) is 2.16. The zero-order chi connectivity index (χ0) is 18.5. The first kappa shape index (κ1) is 19.2. The molecule has 0 atom stereocenters. The van der Waals surface area contributed by atoms with E-state index in [2.05, 4.69) is 34.3 Å². The van der Waals surface area contributed by atoms with Gasteiger partial charge in [0.15, 0.2) is 0 Å². The van der Waals surface area contributed by atoms with Crippen LogP contribution in [0.3, 0.4) is 0 Å². The van der Waals surface area contributed by atoms with Crippen LogP contribution in [0.15, 0.2) is 42.5 Å². The zero-order valence-corrected chi connectivity index (χ0v) is 16.4. The minimum Gasteiger partial charge on any atom is -0.348 e. The molecule has 2 aromatic rings. The van der Waals surface area contributed by atoms with Gasteiger partial charge < -0.3 is 10.2 Å². The molecule has 0 spiro atoms. The lowest BCUT2D eigenvalue weighted by atomic mass is 10.1. The molecule has 2 aromatic carbocycles. The maximum atomic E-state index is 12.3. The molecule has 1 amide bonds. The van der Waals surface area contributed by atoms with E-state index in [0.29, 0.717) is 22.2 Å². The lowest BCUT2D eigenvalue weighted by molar-refractivity contribution is 0.0951. The Morgan fingerprint density at radius 3 is 2.35 bits per heavy atom. The minimum atomic E-state index is -0.182. The summed E-state index contributed by atoms with van der Waals surface area (Å²) in [4.78, 5) is 17.1. The van der Waals surface area contributed by atoms with Gasteiger partial charge >= 0.3 is 0 Å². The third kappa shape index (κ3) is 5.45. The Morgan fingerprint density at radius 2 is 1.65 bits per heavy atom. The average Bonchev–Trinajstić information content (AvgIpc) is 2.61. The molecule has 0 unspecified atom stereocenters. The quantitative estimate of drug-likeness (QED) is 0.844. The highest BCUT2D eigenvalue weighted by atomic mass is 35.5. The highest BCUT2D eigenvalue weighted by Gasteiger charge is 2.14. The van der Waals surface area contributed by atoms with E-state index in [9.17, 15) is 4.79 Å². The second-order valence-electron chi connectivity index (χ2n) is 6.74. The summed E-state index contributed by atoms with van der Waals surface area (Å²) in [6, 6.07) is 13.2. The molecule has 26 heavy (non-hydrogen) atoms. The number of halogens is 2. The fourth-order valence-corrected chi connectivity index (χ4v) is 3.60. The molecule has 0 aliphatic carbocycles. The topological polar surface area (TPSA) is 35.6 Å². The predicted molar refractivity (Wildman–Crippen MR) is 107 cm³/mol. The number of benzene rings is 2. The number of rotatable bonds is 5. The Balaban J connectivity index is 1.57. The number of nitrogens with zero attached hydrogens (tertiary/aromatic N) is 2. The third-order valence-electron chi connectivity index (χ3n) is 4.57. The molecule has 4 nitrogen and oxygen atoms in total. The molecular formula is C20H23Cl2N3O. The van der Waals surface area contributed by atoms with E-state index in [1.165, 1.54) is 5.56 Å². The van der Waals surface area contributed by atoms with Crippen molar-refractivity contribution in [1.82, 2.24) is 15.1 Å². The number of carbonyl (C=O) groups is 1. The first-order chi connectivity index (χ1) is 12.5. The van der Waals surface area contributed by atoms with Crippen molar-refractivity contribution in [2.24, 2.45) is 0 Å². The normalized spacial score (nSPS) is 15.8. The van der Waals surface area contributed by atoms with Gasteiger partial charge in [-0.3, -0.25) is 9.69 Å². The molecule has 3 rings (SSSR count). The van der Waals surface area contributed by atoms with Gasteiger partial charge in [0, 0.05) is 54.9 Å². The molecule has 0 radical (unpaired) electrons. The van der Waals surface area contributed by atoms with Gasteiger partial charge in [-0.15, -0.1) is 0 Å². The molecule has 138 valence electrons. The number of carbonyl (C=O) groups excluding carboxylic acids is 1. The maximum Gasteiger partial charge on any atom is 0.251 e. The van der Waals surface area contributed by atoms with E-state index >= 15 is 0 Å². The molecule has 1 fully saturated rings. The molecule has 1 aliphatic rings. The van der Waals surface area contributed by atoms with Gasteiger partial charge in [-0.1, -0.05) is 47.5 Å². The number of hydrogen-bond acceptors (Lipinski definition) is 3. The van der Waals surface area contributed by atoms with Crippen molar-refractivity contribution in [3.8, 4) is 0 Å². The van der Waals surface area contributed by atoms with Crippen molar-refractivity contribution in [1.29, 1.82) is 0 Å². The minimum absolute atomic E-state index is 0.182. The van der Waals surface area contributed by atoms with Gasteiger partial charge in [0.25, 0.3) is 5.91 Å². The Morgan fingerprint density at radius 1 is 1.00 bits per heavy atom. The summed E-state index contributed by atoms with van der Waals surface area (Å²) >= 11 is 11.9. The summed E-state index contributed by atoms with van der Waals surface area (Å²) in [5.41, 5.74) is 2.82. The molecule has 6 heteroatoms. The van der Waals surface area contributed by atoms with Crippen LogP contribution in [0.4, 0.5) is 0 Å². The van der Waals surface area contributed by atoms with Gasteiger partial charge in [-0.2, -0.15) is 0 Å². The summed E-state index contributed by atoms with van der Waals surface area (Å²) in [5.74, 6) is -0.182. The summed E-state index contributed by atoms with van der Waals surface area (Å²) in [5, 5.41) is 3.84. The second-order valence-corrected chi connectivity index (χ2v) is 7.61. The van der Waals surface area contributed by atoms with Crippen LogP contribution in [-0.4, -0.2) is 48.9 Å². The van der Waals surface area contributed by atoms with Gasteiger partial charge in [-0.25, -0.2) is 0 Å². The van der Waals surface area contributed by atoms with E-state index in [1.807, 2.05) is 12.1 Å². The zero-order valence-electron chi connectivity index (χ0n) is 14.8. The Labute approximate surface area is 164 Å². The fraction of sp³-hybridized carbons (Fsp3) is 0.350. The van der Waals surface area contributed by atoms with Crippen molar-refractivity contribution < 1.29 is 4.79 Å². The molecule has 1 saturated heterocycles. The van der Waals surface area contributed by atoms with Crippen LogP contribution in [-0.2, 0) is 13.1 Å². The van der Waals surface area contributed by atoms with Gasteiger partial charge in [0.1, 0.15) is 0 Å². The first-order valence-electron chi connectivity index (χ1n) is 8.72. The average molecular weight is 392 g/mol. The van der Waals surface area contributed by atoms with Crippen molar-refractivity contribution in [2.45, 2.75) is 13.1 Å².